The molecule has 0 fully saturated rings. The van der Waals surface area contributed by atoms with Crippen molar-refractivity contribution in [2.45, 2.75) is 45.6 Å². The van der Waals surface area contributed by atoms with Gasteiger partial charge in [-0.3, -0.25) is 4.68 Å². The maximum atomic E-state index is 12.4. The zero-order valence-electron chi connectivity index (χ0n) is 12.2. The number of hydrogen-bond donors (Lipinski definition) is 1. The van der Waals surface area contributed by atoms with Crippen LogP contribution < -0.4 is 5.32 Å². The second-order valence-electron chi connectivity index (χ2n) is 5.87. The third-order valence-electron chi connectivity index (χ3n) is 2.76. The van der Waals surface area contributed by atoms with E-state index < -0.39 is 11.9 Å². The van der Waals surface area contributed by atoms with Gasteiger partial charge in [-0.05, 0) is 39.0 Å². The lowest BCUT2D eigenvalue weighted by Gasteiger charge is -2.19. The van der Waals surface area contributed by atoms with Crippen LogP contribution in [0.3, 0.4) is 0 Å². The summed E-state index contributed by atoms with van der Waals surface area (Å²) in [6, 6.07) is 4.50. The molecule has 0 saturated heterocycles. The van der Waals surface area contributed by atoms with E-state index in [1.807, 2.05) is 26.8 Å². The Morgan fingerprint density at radius 1 is 1.14 bits per heavy atom. The molecule has 0 saturated carbocycles. The minimum atomic E-state index is -4.42. The summed E-state index contributed by atoms with van der Waals surface area (Å²) in [4.78, 5) is 0. The van der Waals surface area contributed by atoms with E-state index in [4.69, 9.17) is 4.42 Å². The average molecular weight is 301 g/mol. The Morgan fingerprint density at radius 2 is 1.81 bits per heavy atom. The molecule has 0 unspecified atom stereocenters. The van der Waals surface area contributed by atoms with Crippen LogP contribution in [0.25, 0.3) is 0 Å². The Labute approximate surface area is 120 Å². The van der Waals surface area contributed by atoms with Gasteiger partial charge in [0.05, 0.1) is 13.1 Å². The van der Waals surface area contributed by atoms with Gasteiger partial charge >= 0.3 is 6.18 Å². The Hall–Kier alpha value is -1.76. The summed E-state index contributed by atoms with van der Waals surface area (Å²) in [5, 5.41) is 6.76. The van der Waals surface area contributed by atoms with Crippen molar-refractivity contribution in [1.29, 1.82) is 0 Å². The SMILES string of the molecule is CC(C)(C)NCc1ccc(Cn2ccc(C(F)(F)F)n2)o1. The highest BCUT2D eigenvalue weighted by Crippen LogP contribution is 2.27. The molecule has 2 aromatic heterocycles. The summed E-state index contributed by atoms with van der Waals surface area (Å²) >= 11 is 0. The quantitative estimate of drug-likeness (QED) is 0.941. The van der Waals surface area contributed by atoms with Gasteiger partial charge in [-0.2, -0.15) is 18.3 Å². The highest BCUT2D eigenvalue weighted by Gasteiger charge is 2.33. The summed E-state index contributed by atoms with van der Waals surface area (Å²) in [6.07, 6.45) is -3.13. The topological polar surface area (TPSA) is 43.0 Å². The number of rotatable bonds is 4. The van der Waals surface area contributed by atoms with E-state index >= 15 is 0 Å². The Kier molecular flexibility index (Phi) is 4.13. The molecule has 116 valence electrons. The standard InChI is InChI=1S/C14H18F3N3O/c1-13(2,3)18-8-10-4-5-11(21-10)9-20-7-6-12(19-20)14(15,16)17/h4-7,18H,8-9H2,1-3H3. The lowest BCUT2D eigenvalue weighted by atomic mass is 10.1. The highest BCUT2D eigenvalue weighted by atomic mass is 19.4. The number of nitrogens with one attached hydrogen (secondary N) is 1. The smallest absolute Gasteiger partial charge is 0.435 e. The number of aromatic nitrogens is 2. The van der Waals surface area contributed by atoms with Gasteiger partial charge in [0.1, 0.15) is 11.5 Å². The summed E-state index contributed by atoms with van der Waals surface area (Å²) < 4.78 is 44.1. The second-order valence-corrected chi connectivity index (χ2v) is 5.87. The predicted molar refractivity (Wildman–Crippen MR) is 71.6 cm³/mol. The molecule has 2 rings (SSSR count). The largest absolute Gasteiger partial charge is 0.463 e. The Balaban J connectivity index is 1.98. The van der Waals surface area contributed by atoms with E-state index in [0.717, 1.165) is 11.8 Å². The molecule has 0 aliphatic rings. The highest BCUT2D eigenvalue weighted by molar-refractivity contribution is 5.09. The Bertz CT molecular complexity index is 593. The summed E-state index contributed by atoms with van der Waals surface area (Å²) in [6.45, 7) is 6.86. The molecule has 0 amide bonds. The maximum Gasteiger partial charge on any atom is 0.435 e. The van der Waals surface area contributed by atoms with Crippen molar-refractivity contribution in [3.8, 4) is 0 Å². The van der Waals surface area contributed by atoms with Crippen LogP contribution in [0.5, 0.6) is 0 Å². The number of nitrogens with zero attached hydrogens (tertiary/aromatic N) is 2. The average Bonchev–Trinajstić information content (AvgIpc) is 2.94. The van der Waals surface area contributed by atoms with Crippen molar-refractivity contribution < 1.29 is 17.6 Å². The van der Waals surface area contributed by atoms with Crippen molar-refractivity contribution >= 4 is 0 Å². The minimum Gasteiger partial charge on any atom is -0.463 e. The van der Waals surface area contributed by atoms with Crippen LogP contribution in [0.15, 0.2) is 28.8 Å². The van der Waals surface area contributed by atoms with Gasteiger partial charge in [0.2, 0.25) is 0 Å². The van der Waals surface area contributed by atoms with Crippen LogP contribution in [0.2, 0.25) is 0 Å². The molecule has 0 aromatic carbocycles. The molecule has 0 aliphatic carbocycles. The van der Waals surface area contributed by atoms with Crippen LogP contribution in [-0.2, 0) is 19.3 Å². The molecule has 0 radical (unpaired) electrons. The van der Waals surface area contributed by atoms with Crippen LogP contribution in [0.4, 0.5) is 13.2 Å². The van der Waals surface area contributed by atoms with E-state index in [-0.39, 0.29) is 12.1 Å². The number of alkyl halides is 3. The molecular weight excluding hydrogens is 283 g/mol. The first-order chi connectivity index (χ1) is 9.63. The van der Waals surface area contributed by atoms with Gasteiger partial charge in [-0.25, -0.2) is 0 Å². The van der Waals surface area contributed by atoms with Gasteiger partial charge < -0.3 is 9.73 Å². The molecule has 4 nitrogen and oxygen atoms in total. The molecule has 1 N–H and O–H groups in total. The fourth-order valence-electron chi connectivity index (χ4n) is 1.72. The van der Waals surface area contributed by atoms with Crippen molar-refractivity contribution in [1.82, 2.24) is 15.1 Å². The van der Waals surface area contributed by atoms with E-state index in [0.29, 0.717) is 12.3 Å². The van der Waals surface area contributed by atoms with Crippen LogP contribution in [0, 0.1) is 0 Å². The second kappa shape index (κ2) is 5.55. The van der Waals surface area contributed by atoms with Gasteiger partial charge in [0.15, 0.2) is 5.69 Å². The van der Waals surface area contributed by atoms with Crippen molar-refractivity contribution in [2.24, 2.45) is 0 Å². The fourth-order valence-corrected chi connectivity index (χ4v) is 1.72. The van der Waals surface area contributed by atoms with Crippen molar-refractivity contribution in [2.75, 3.05) is 0 Å². The molecular formula is C14H18F3N3O. The molecule has 0 spiro atoms. The number of halogens is 3. The van der Waals surface area contributed by atoms with Crippen LogP contribution in [0.1, 0.15) is 38.0 Å². The molecule has 0 atom stereocenters. The fraction of sp³-hybridized carbons (Fsp3) is 0.500. The summed E-state index contributed by atoms with van der Waals surface area (Å²) in [7, 11) is 0. The van der Waals surface area contributed by atoms with Gasteiger partial charge in [0, 0.05) is 11.7 Å². The third kappa shape index (κ3) is 4.63. The normalized spacial score (nSPS) is 12.9. The van der Waals surface area contributed by atoms with E-state index in [1.54, 1.807) is 6.07 Å². The Morgan fingerprint density at radius 3 is 2.38 bits per heavy atom. The van der Waals surface area contributed by atoms with Gasteiger partial charge in [-0.15, -0.1) is 0 Å². The molecule has 7 heteroatoms. The first kappa shape index (κ1) is 15.6. The minimum absolute atomic E-state index is 0.0312. The zero-order chi connectivity index (χ0) is 15.7. The first-order valence-corrected chi connectivity index (χ1v) is 6.57. The summed E-state index contributed by atoms with van der Waals surface area (Å²) in [5.41, 5.74) is -0.931. The number of furan rings is 1. The lowest BCUT2D eigenvalue weighted by Crippen LogP contribution is -2.34. The monoisotopic (exact) mass is 301 g/mol. The van der Waals surface area contributed by atoms with Crippen molar-refractivity contribution in [3.05, 3.63) is 41.6 Å². The molecule has 2 aromatic rings. The predicted octanol–water partition coefficient (Wildman–Crippen LogP) is 3.43. The van der Waals surface area contributed by atoms with E-state index in [9.17, 15) is 13.2 Å². The molecule has 21 heavy (non-hydrogen) atoms. The van der Waals surface area contributed by atoms with Gasteiger partial charge in [0.25, 0.3) is 0 Å². The van der Waals surface area contributed by atoms with E-state index in [2.05, 4.69) is 10.4 Å². The summed E-state index contributed by atoms with van der Waals surface area (Å²) in [5.74, 6) is 1.31. The third-order valence-corrected chi connectivity index (χ3v) is 2.76. The van der Waals surface area contributed by atoms with E-state index in [1.165, 1.54) is 10.9 Å². The number of hydrogen-bond acceptors (Lipinski definition) is 3. The van der Waals surface area contributed by atoms with Crippen LogP contribution in [-0.4, -0.2) is 15.3 Å². The molecule has 0 bridgehead atoms. The van der Waals surface area contributed by atoms with Gasteiger partial charge in [-0.1, -0.05) is 0 Å². The maximum absolute atomic E-state index is 12.4. The lowest BCUT2D eigenvalue weighted by molar-refractivity contribution is -0.141. The first-order valence-electron chi connectivity index (χ1n) is 6.57. The van der Waals surface area contributed by atoms with Crippen molar-refractivity contribution in [3.63, 3.8) is 0 Å². The van der Waals surface area contributed by atoms with Crippen LogP contribution >= 0.6 is 0 Å². The zero-order valence-corrected chi connectivity index (χ0v) is 12.2. The molecule has 2 heterocycles. The molecule has 0 aliphatic heterocycles.